The summed E-state index contributed by atoms with van der Waals surface area (Å²) >= 11 is 0. The van der Waals surface area contributed by atoms with Gasteiger partial charge in [-0.2, -0.15) is 5.10 Å². The Bertz CT molecular complexity index is 737. The molecule has 3 rings (SSSR count). The molecule has 0 atom stereocenters. The van der Waals surface area contributed by atoms with E-state index in [4.69, 9.17) is 5.11 Å². The lowest BCUT2D eigenvalue weighted by Crippen LogP contribution is -2.03. The molecule has 0 radical (unpaired) electrons. The van der Waals surface area contributed by atoms with Crippen molar-refractivity contribution in [2.45, 2.75) is 13.2 Å². The molecule has 1 aromatic carbocycles. The van der Waals surface area contributed by atoms with E-state index < -0.39 is 0 Å². The van der Waals surface area contributed by atoms with Crippen LogP contribution in [0.15, 0.2) is 36.8 Å². The number of anilines is 1. The van der Waals surface area contributed by atoms with E-state index in [9.17, 15) is 0 Å². The van der Waals surface area contributed by atoms with Crippen molar-refractivity contribution < 1.29 is 5.11 Å². The molecule has 0 aliphatic carbocycles. The minimum Gasteiger partial charge on any atom is -0.392 e. The quantitative estimate of drug-likeness (QED) is 0.750. The lowest BCUT2D eigenvalue weighted by Gasteiger charge is -2.07. The summed E-state index contributed by atoms with van der Waals surface area (Å²) in [6, 6.07) is 7.80. The van der Waals surface area contributed by atoms with Crippen molar-refractivity contribution >= 4 is 16.9 Å². The van der Waals surface area contributed by atoms with Crippen LogP contribution < -0.4 is 5.32 Å². The molecule has 6 heteroatoms. The number of rotatable bonds is 4. The molecule has 0 fully saturated rings. The third kappa shape index (κ3) is 2.33. The van der Waals surface area contributed by atoms with Gasteiger partial charge < -0.3 is 10.4 Å². The molecule has 2 heterocycles. The van der Waals surface area contributed by atoms with Crippen LogP contribution in [0.25, 0.3) is 11.0 Å². The first kappa shape index (κ1) is 12.6. The molecule has 0 saturated carbocycles. The molecular formula is C14H15N5O. The third-order valence-corrected chi connectivity index (χ3v) is 3.16. The number of hydrogen-bond donors (Lipinski definition) is 2. The van der Waals surface area contributed by atoms with Crippen LogP contribution in [0, 0.1) is 0 Å². The molecule has 6 nitrogen and oxygen atoms in total. The predicted molar refractivity (Wildman–Crippen MR) is 76.0 cm³/mol. The van der Waals surface area contributed by atoms with Gasteiger partial charge in [-0.1, -0.05) is 24.3 Å². The SMILES string of the molecule is Cn1ncc2c(NCc3cccc(CO)c3)ncnc21. The second-order valence-electron chi connectivity index (χ2n) is 4.56. The Morgan fingerprint density at radius 3 is 2.95 bits per heavy atom. The second kappa shape index (κ2) is 5.26. The minimum atomic E-state index is 0.0498. The van der Waals surface area contributed by atoms with E-state index in [0.717, 1.165) is 28.0 Å². The molecule has 2 N–H and O–H groups in total. The molecule has 0 aliphatic heterocycles. The molecule has 102 valence electrons. The monoisotopic (exact) mass is 269 g/mol. The van der Waals surface area contributed by atoms with E-state index in [2.05, 4.69) is 20.4 Å². The van der Waals surface area contributed by atoms with Gasteiger partial charge in [0.2, 0.25) is 0 Å². The molecule has 20 heavy (non-hydrogen) atoms. The Hall–Kier alpha value is -2.47. The average molecular weight is 269 g/mol. The number of aryl methyl sites for hydroxylation is 1. The zero-order valence-corrected chi connectivity index (χ0v) is 11.1. The van der Waals surface area contributed by atoms with Crippen molar-refractivity contribution in [2.24, 2.45) is 7.05 Å². The number of fused-ring (bicyclic) bond motifs is 1. The summed E-state index contributed by atoms with van der Waals surface area (Å²) in [5.41, 5.74) is 2.79. The zero-order valence-electron chi connectivity index (χ0n) is 11.1. The highest BCUT2D eigenvalue weighted by Crippen LogP contribution is 2.18. The van der Waals surface area contributed by atoms with Crippen LogP contribution in [0.5, 0.6) is 0 Å². The number of hydrogen-bond acceptors (Lipinski definition) is 5. The summed E-state index contributed by atoms with van der Waals surface area (Å²) < 4.78 is 1.72. The first-order valence-corrected chi connectivity index (χ1v) is 6.33. The van der Waals surface area contributed by atoms with E-state index in [-0.39, 0.29) is 6.61 Å². The summed E-state index contributed by atoms with van der Waals surface area (Å²) in [4.78, 5) is 8.45. The number of aliphatic hydroxyl groups is 1. The summed E-state index contributed by atoms with van der Waals surface area (Å²) in [5.74, 6) is 0.762. The molecule has 0 unspecified atom stereocenters. The fraction of sp³-hybridized carbons (Fsp3) is 0.214. The highest BCUT2D eigenvalue weighted by molar-refractivity contribution is 5.85. The highest BCUT2D eigenvalue weighted by atomic mass is 16.3. The maximum absolute atomic E-state index is 9.14. The number of aromatic nitrogens is 4. The Morgan fingerprint density at radius 1 is 1.25 bits per heavy atom. The highest BCUT2D eigenvalue weighted by Gasteiger charge is 2.07. The normalized spacial score (nSPS) is 10.9. The van der Waals surface area contributed by atoms with Crippen LogP contribution in [0.3, 0.4) is 0 Å². The van der Waals surface area contributed by atoms with Crippen molar-refractivity contribution in [2.75, 3.05) is 5.32 Å². The molecule has 0 saturated heterocycles. The third-order valence-electron chi connectivity index (χ3n) is 3.16. The van der Waals surface area contributed by atoms with Gasteiger partial charge in [0.05, 0.1) is 18.2 Å². The molecule has 3 aromatic rings. The molecule has 0 bridgehead atoms. The standard InChI is InChI=1S/C14H15N5O/c1-19-14-12(7-18-19)13(16-9-17-14)15-6-10-3-2-4-11(5-10)8-20/h2-5,7,9,20H,6,8H2,1H3,(H,15,16,17). The molecule has 0 amide bonds. The van der Waals surface area contributed by atoms with Gasteiger partial charge in [-0.25, -0.2) is 9.97 Å². The van der Waals surface area contributed by atoms with E-state index in [1.165, 1.54) is 6.33 Å². The molecular weight excluding hydrogens is 254 g/mol. The maximum Gasteiger partial charge on any atom is 0.163 e. The van der Waals surface area contributed by atoms with Gasteiger partial charge in [0.1, 0.15) is 12.1 Å². The van der Waals surface area contributed by atoms with Crippen LogP contribution in [-0.2, 0) is 20.2 Å². The Morgan fingerprint density at radius 2 is 2.10 bits per heavy atom. The average Bonchev–Trinajstić information content (AvgIpc) is 2.88. The number of nitrogens with zero attached hydrogens (tertiary/aromatic N) is 4. The molecule has 0 aliphatic rings. The van der Waals surface area contributed by atoms with Crippen molar-refractivity contribution in [1.82, 2.24) is 19.7 Å². The van der Waals surface area contributed by atoms with E-state index >= 15 is 0 Å². The van der Waals surface area contributed by atoms with Gasteiger partial charge in [-0.3, -0.25) is 4.68 Å². The summed E-state index contributed by atoms with van der Waals surface area (Å²) in [7, 11) is 1.85. The maximum atomic E-state index is 9.14. The van der Waals surface area contributed by atoms with Gasteiger partial charge >= 0.3 is 0 Å². The number of nitrogens with one attached hydrogen (secondary N) is 1. The van der Waals surface area contributed by atoms with Crippen LogP contribution in [-0.4, -0.2) is 24.9 Å². The van der Waals surface area contributed by atoms with Gasteiger partial charge in [0, 0.05) is 13.6 Å². The summed E-state index contributed by atoms with van der Waals surface area (Å²) in [6.45, 7) is 0.684. The lowest BCUT2D eigenvalue weighted by atomic mass is 10.1. The Kier molecular flexibility index (Phi) is 3.30. The van der Waals surface area contributed by atoms with Crippen molar-refractivity contribution in [1.29, 1.82) is 0 Å². The molecule has 2 aromatic heterocycles. The predicted octanol–water partition coefficient (Wildman–Crippen LogP) is 1.47. The Labute approximate surface area is 116 Å². The van der Waals surface area contributed by atoms with E-state index in [1.54, 1.807) is 10.9 Å². The summed E-state index contributed by atoms with van der Waals surface area (Å²) in [6.07, 6.45) is 3.28. The first-order chi connectivity index (χ1) is 9.78. The van der Waals surface area contributed by atoms with Crippen LogP contribution >= 0.6 is 0 Å². The van der Waals surface area contributed by atoms with Crippen LogP contribution in [0.1, 0.15) is 11.1 Å². The zero-order chi connectivity index (χ0) is 13.9. The smallest absolute Gasteiger partial charge is 0.163 e. The number of aliphatic hydroxyl groups excluding tert-OH is 1. The fourth-order valence-corrected chi connectivity index (χ4v) is 2.13. The fourth-order valence-electron chi connectivity index (χ4n) is 2.13. The topological polar surface area (TPSA) is 75.9 Å². The van der Waals surface area contributed by atoms with Gasteiger partial charge in [-0.15, -0.1) is 0 Å². The van der Waals surface area contributed by atoms with Gasteiger partial charge in [0.15, 0.2) is 5.65 Å². The van der Waals surface area contributed by atoms with Crippen LogP contribution in [0.4, 0.5) is 5.82 Å². The Balaban J connectivity index is 1.83. The minimum absolute atomic E-state index is 0.0498. The lowest BCUT2D eigenvalue weighted by molar-refractivity contribution is 0.281. The second-order valence-corrected chi connectivity index (χ2v) is 4.56. The van der Waals surface area contributed by atoms with Gasteiger partial charge in [-0.05, 0) is 11.1 Å². The number of benzene rings is 1. The van der Waals surface area contributed by atoms with Crippen molar-refractivity contribution in [3.05, 3.63) is 47.9 Å². The summed E-state index contributed by atoms with van der Waals surface area (Å²) in [5, 5.41) is 17.5. The van der Waals surface area contributed by atoms with Crippen molar-refractivity contribution in [3.63, 3.8) is 0 Å². The van der Waals surface area contributed by atoms with Gasteiger partial charge in [0.25, 0.3) is 0 Å². The van der Waals surface area contributed by atoms with Crippen molar-refractivity contribution in [3.8, 4) is 0 Å². The van der Waals surface area contributed by atoms with Crippen LogP contribution in [0.2, 0.25) is 0 Å². The van der Waals surface area contributed by atoms with E-state index in [1.807, 2.05) is 31.3 Å². The van der Waals surface area contributed by atoms with E-state index in [0.29, 0.717) is 6.54 Å². The molecule has 0 spiro atoms. The first-order valence-electron chi connectivity index (χ1n) is 6.33. The largest absolute Gasteiger partial charge is 0.392 e.